The molecule has 3 aromatic rings. The fourth-order valence-electron chi connectivity index (χ4n) is 3.28. The Labute approximate surface area is 150 Å². The lowest BCUT2D eigenvalue weighted by molar-refractivity contribution is 0.103. The number of aryl methyl sites for hydroxylation is 4. The fourth-order valence-corrected chi connectivity index (χ4v) is 4.09. The van der Waals surface area contributed by atoms with Crippen LogP contribution in [0, 0.1) is 13.8 Å². The van der Waals surface area contributed by atoms with Crippen molar-refractivity contribution in [2.45, 2.75) is 39.7 Å². The van der Waals surface area contributed by atoms with Crippen LogP contribution in [0.5, 0.6) is 0 Å². The van der Waals surface area contributed by atoms with Gasteiger partial charge in [-0.1, -0.05) is 18.2 Å². The maximum absolute atomic E-state index is 12.7. The molecule has 0 atom stereocenters. The van der Waals surface area contributed by atoms with Crippen LogP contribution >= 0.6 is 11.3 Å². The molecular weight excluding hydrogens is 332 g/mol. The van der Waals surface area contributed by atoms with E-state index in [1.165, 1.54) is 24.2 Å². The highest BCUT2D eigenvalue weighted by atomic mass is 32.1. The topological polar surface area (TPSA) is 59.8 Å². The smallest absolute Gasteiger partial charge is 0.267 e. The number of hydrogen-bond acceptors (Lipinski definition) is 4. The van der Waals surface area contributed by atoms with Gasteiger partial charge < -0.3 is 9.88 Å². The predicted octanol–water partition coefficient (Wildman–Crippen LogP) is 4.21. The average molecular weight is 352 g/mol. The lowest BCUT2D eigenvalue weighted by Crippen LogP contribution is -2.12. The third kappa shape index (κ3) is 3.09. The molecule has 0 aliphatic carbocycles. The van der Waals surface area contributed by atoms with Gasteiger partial charge in [-0.05, 0) is 32.8 Å². The summed E-state index contributed by atoms with van der Waals surface area (Å²) < 4.78 is 2.23. The summed E-state index contributed by atoms with van der Waals surface area (Å²) in [5.41, 5.74) is 3.44. The highest BCUT2D eigenvalue weighted by Crippen LogP contribution is 2.30. The zero-order valence-electron chi connectivity index (χ0n) is 14.4. The summed E-state index contributed by atoms with van der Waals surface area (Å²) in [4.78, 5) is 22.4. The van der Waals surface area contributed by atoms with Crippen LogP contribution in [0.15, 0.2) is 30.5 Å². The molecule has 1 N–H and O–H groups in total. The standard InChI is InChI=1S/C19H20N4OS/c1-12-18(25-13(2)20-12)19(24)22-15-8-4-3-7-14(15)16-11-23-10-6-5-9-17(23)21-16/h3-4,7-8,11H,5-6,9-10H2,1-2H3,(H,22,24). The maximum atomic E-state index is 12.7. The van der Waals surface area contributed by atoms with E-state index in [1.54, 1.807) is 0 Å². The number of aromatic nitrogens is 3. The molecule has 0 fully saturated rings. The minimum Gasteiger partial charge on any atom is -0.334 e. The molecule has 0 spiro atoms. The summed E-state index contributed by atoms with van der Waals surface area (Å²) in [5.74, 6) is 1.02. The molecular formula is C19H20N4OS. The van der Waals surface area contributed by atoms with Gasteiger partial charge in [-0.3, -0.25) is 4.79 Å². The first-order valence-corrected chi connectivity index (χ1v) is 9.34. The van der Waals surface area contributed by atoms with Crippen molar-refractivity contribution in [2.75, 3.05) is 5.32 Å². The van der Waals surface area contributed by atoms with E-state index in [0.717, 1.165) is 46.4 Å². The molecule has 5 nitrogen and oxygen atoms in total. The van der Waals surface area contributed by atoms with Crippen molar-refractivity contribution in [2.24, 2.45) is 0 Å². The lowest BCUT2D eigenvalue weighted by Gasteiger charge is -2.11. The Hall–Kier alpha value is -2.47. The fraction of sp³-hybridized carbons (Fsp3) is 0.316. The monoisotopic (exact) mass is 352 g/mol. The van der Waals surface area contributed by atoms with Gasteiger partial charge in [0.2, 0.25) is 0 Å². The first-order valence-electron chi connectivity index (χ1n) is 8.52. The van der Waals surface area contributed by atoms with Gasteiger partial charge in [0.15, 0.2) is 0 Å². The van der Waals surface area contributed by atoms with Crippen molar-refractivity contribution in [3.05, 3.63) is 51.9 Å². The molecule has 1 aliphatic heterocycles. The summed E-state index contributed by atoms with van der Waals surface area (Å²) >= 11 is 1.42. The molecule has 25 heavy (non-hydrogen) atoms. The van der Waals surface area contributed by atoms with Crippen LogP contribution in [0.3, 0.4) is 0 Å². The Morgan fingerprint density at radius 2 is 2.04 bits per heavy atom. The minimum atomic E-state index is -0.112. The number of rotatable bonds is 3. The number of nitrogens with zero attached hydrogens (tertiary/aromatic N) is 3. The average Bonchev–Trinajstić information content (AvgIpc) is 3.18. The van der Waals surface area contributed by atoms with Crippen molar-refractivity contribution >= 4 is 22.9 Å². The molecule has 4 rings (SSSR count). The van der Waals surface area contributed by atoms with E-state index in [1.807, 2.05) is 38.1 Å². The molecule has 3 heterocycles. The van der Waals surface area contributed by atoms with Gasteiger partial charge in [-0.2, -0.15) is 0 Å². The number of carbonyl (C=O) groups excluding carboxylic acids is 1. The van der Waals surface area contributed by atoms with Crippen molar-refractivity contribution < 1.29 is 4.79 Å². The molecule has 6 heteroatoms. The first kappa shape index (κ1) is 16.0. The number of nitrogens with one attached hydrogen (secondary N) is 1. The summed E-state index contributed by atoms with van der Waals surface area (Å²) in [5, 5.41) is 3.94. The molecule has 0 saturated heterocycles. The Kier molecular flexibility index (Phi) is 4.13. The zero-order chi connectivity index (χ0) is 17.4. The van der Waals surface area contributed by atoms with Gasteiger partial charge in [-0.15, -0.1) is 11.3 Å². The van der Waals surface area contributed by atoms with Gasteiger partial charge >= 0.3 is 0 Å². The van der Waals surface area contributed by atoms with Gasteiger partial charge in [-0.25, -0.2) is 9.97 Å². The van der Waals surface area contributed by atoms with Crippen LogP contribution in [0.4, 0.5) is 5.69 Å². The van der Waals surface area contributed by atoms with Crippen molar-refractivity contribution in [3.8, 4) is 11.3 Å². The molecule has 1 amide bonds. The number of amides is 1. The molecule has 1 aromatic carbocycles. The molecule has 0 unspecified atom stereocenters. The van der Waals surface area contributed by atoms with Gasteiger partial charge in [0, 0.05) is 24.7 Å². The highest BCUT2D eigenvalue weighted by molar-refractivity contribution is 7.13. The Morgan fingerprint density at radius 1 is 1.20 bits per heavy atom. The molecule has 0 radical (unpaired) electrons. The van der Waals surface area contributed by atoms with E-state index in [4.69, 9.17) is 4.98 Å². The van der Waals surface area contributed by atoms with E-state index >= 15 is 0 Å². The summed E-state index contributed by atoms with van der Waals surface area (Å²) in [6.07, 6.45) is 5.51. The molecule has 1 aliphatic rings. The molecule has 2 aromatic heterocycles. The predicted molar refractivity (Wildman–Crippen MR) is 100 cm³/mol. The van der Waals surface area contributed by atoms with Gasteiger partial charge in [0.25, 0.3) is 5.91 Å². The number of para-hydroxylation sites is 1. The second-order valence-electron chi connectivity index (χ2n) is 6.34. The normalized spacial score (nSPS) is 13.5. The number of benzene rings is 1. The number of imidazole rings is 1. The van der Waals surface area contributed by atoms with E-state index in [9.17, 15) is 4.79 Å². The number of thiazole rings is 1. The minimum absolute atomic E-state index is 0.112. The van der Waals surface area contributed by atoms with E-state index < -0.39 is 0 Å². The quantitative estimate of drug-likeness (QED) is 0.768. The van der Waals surface area contributed by atoms with Crippen LogP contribution in [0.25, 0.3) is 11.3 Å². The van der Waals surface area contributed by atoms with E-state index in [-0.39, 0.29) is 5.91 Å². The van der Waals surface area contributed by atoms with Gasteiger partial charge in [0.1, 0.15) is 10.7 Å². The number of hydrogen-bond donors (Lipinski definition) is 1. The third-order valence-corrected chi connectivity index (χ3v) is 5.54. The van der Waals surface area contributed by atoms with E-state index in [0.29, 0.717) is 4.88 Å². The largest absolute Gasteiger partial charge is 0.334 e. The third-order valence-electron chi connectivity index (χ3n) is 4.47. The Morgan fingerprint density at radius 3 is 2.80 bits per heavy atom. The molecule has 128 valence electrons. The van der Waals surface area contributed by atoms with Gasteiger partial charge in [0.05, 0.1) is 22.1 Å². The zero-order valence-corrected chi connectivity index (χ0v) is 15.2. The van der Waals surface area contributed by atoms with Crippen LogP contribution < -0.4 is 5.32 Å². The first-order chi connectivity index (χ1) is 12.1. The Balaban J connectivity index is 1.66. The van der Waals surface area contributed by atoms with E-state index in [2.05, 4.69) is 21.1 Å². The molecule has 0 saturated carbocycles. The van der Waals surface area contributed by atoms with Crippen molar-refractivity contribution in [1.29, 1.82) is 0 Å². The molecule has 0 bridgehead atoms. The number of fused-ring (bicyclic) bond motifs is 1. The number of carbonyl (C=O) groups is 1. The second kappa shape index (κ2) is 6.44. The summed E-state index contributed by atoms with van der Waals surface area (Å²) in [7, 11) is 0. The SMILES string of the molecule is Cc1nc(C)c(C(=O)Nc2ccccc2-c2cn3c(n2)CCCC3)s1. The van der Waals surface area contributed by atoms with Crippen molar-refractivity contribution in [1.82, 2.24) is 14.5 Å². The van der Waals surface area contributed by atoms with Crippen molar-refractivity contribution in [3.63, 3.8) is 0 Å². The number of anilines is 1. The van der Waals surface area contributed by atoms with Crippen LogP contribution in [-0.4, -0.2) is 20.4 Å². The van der Waals surface area contributed by atoms with Crippen LogP contribution in [-0.2, 0) is 13.0 Å². The lowest BCUT2D eigenvalue weighted by atomic mass is 10.1. The summed E-state index contributed by atoms with van der Waals surface area (Å²) in [6.45, 7) is 4.81. The summed E-state index contributed by atoms with van der Waals surface area (Å²) in [6, 6.07) is 7.84. The Bertz CT molecular complexity index is 917. The van der Waals surface area contributed by atoms with Crippen LogP contribution in [0.2, 0.25) is 0 Å². The highest BCUT2D eigenvalue weighted by Gasteiger charge is 2.18. The second-order valence-corrected chi connectivity index (χ2v) is 7.54. The maximum Gasteiger partial charge on any atom is 0.267 e. The van der Waals surface area contributed by atoms with Crippen LogP contribution in [0.1, 0.15) is 39.0 Å².